The second kappa shape index (κ2) is 6.59. The highest BCUT2D eigenvalue weighted by Crippen LogP contribution is 2.34. The minimum absolute atomic E-state index is 0.0942. The lowest BCUT2D eigenvalue weighted by atomic mass is 10.2. The zero-order valence-electron chi connectivity index (χ0n) is 12.1. The summed E-state index contributed by atoms with van der Waals surface area (Å²) in [7, 11) is -1.66. The molecular weight excluding hydrogens is 352 g/mol. The van der Waals surface area contributed by atoms with Crippen LogP contribution < -0.4 is 14.2 Å². The van der Waals surface area contributed by atoms with Gasteiger partial charge in [-0.25, -0.2) is 17.2 Å². The van der Waals surface area contributed by atoms with Crippen LogP contribution in [0.1, 0.15) is 0 Å². The molecule has 0 saturated heterocycles. The molecule has 0 heterocycles. The number of anilines is 1. The van der Waals surface area contributed by atoms with Crippen LogP contribution >= 0.6 is 11.6 Å². The summed E-state index contributed by atoms with van der Waals surface area (Å²) in [5, 5.41) is -0.195. The number of ether oxygens (including phenoxy) is 2. The predicted octanol–water partition coefficient (Wildman–Crippen LogP) is 3.44. The Labute approximate surface area is 136 Å². The Morgan fingerprint density at radius 1 is 1.04 bits per heavy atom. The van der Waals surface area contributed by atoms with Gasteiger partial charge in [0.05, 0.1) is 24.9 Å². The highest BCUT2D eigenvalue weighted by Gasteiger charge is 2.22. The van der Waals surface area contributed by atoms with Crippen molar-refractivity contribution in [2.45, 2.75) is 4.90 Å². The Kier molecular flexibility index (Phi) is 4.96. The molecule has 0 radical (unpaired) electrons. The van der Waals surface area contributed by atoms with Gasteiger partial charge in [-0.05, 0) is 18.2 Å². The number of hydrogen-bond donors (Lipinski definition) is 1. The maximum atomic E-state index is 14.0. The van der Waals surface area contributed by atoms with Crippen molar-refractivity contribution in [1.82, 2.24) is 0 Å². The van der Waals surface area contributed by atoms with Crippen LogP contribution in [0.25, 0.3) is 0 Å². The van der Waals surface area contributed by atoms with Gasteiger partial charge in [-0.1, -0.05) is 11.6 Å². The lowest BCUT2D eigenvalue weighted by Crippen LogP contribution is -2.15. The number of nitrogens with one attached hydrogen (secondary N) is 1. The molecule has 0 aliphatic heterocycles. The second-order valence-electron chi connectivity index (χ2n) is 4.37. The van der Waals surface area contributed by atoms with Crippen molar-refractivity contribution in [2.75, 3.05) is 18.9 Å². The molecule has 0 spiro atoms. The fourth-order valence-corrected chi connectivity index (χ4v) is 3.39. The monoisotopic (exact) mass is 363 g/mol. The van der Waals surface area contributed by atoms with E-state index in [0.717, 1.165) is 30.3 Å². The van der Waals surface area contributed by atoms with Gasteiger partial charge in [0, 0.05) is 12.1 Å². The number of rotatable bonds is 5. The van der Waals surface area contributed by atoms with Crippen molar-refractivity contribution in [3.63, 3.8) is 0 Å². The van der Waals surface area contributed by atoms with Gasteiger partial charge in [0.1, 0.15) is 10.7 Å². The SMILES string of the molecule is COc1cc(F)c(NS(=O)(=O)c2cc(F)ccc2Cl)cc1OC. The highest BCUT2D eigenvalue weighted by atomic mass is 35.5. The van der Waals surface area contributed by atoms with Crippen LogP contribution in [0.3, 0.4) is 0 Å². The van der Waals surface area contributed by atoms with Crippen molar-refractivity contribution < 1.29 is 26.7 Å². The fourth-order valence-electron chi connectivity index (χ4n) is 1.82. The third kappa shape index (κ3) is 3.65. The molecule has 124 valence electrons. The molecule has 1 N–H and O–H groups in total. The topological polar surface area (TPSA) is 64.6 Å². The maximum Gasteiger partial charge on any atom is 0.263 e. The lowest BCUT2D eigenvalue weighted by molar-refractivity contribution is 0.353. The number of methoxy groups -OCH3 is 2. The summed E-state index contributed by atoms with van der Waals surface area (Å²) in [6.07, 6.45) is 0. The largest absolute Gasteiger partial charge is 0.493 e. The van der Waals surface area contributed by atoms with E-state index in [9.17, 15) is 17.2 Å². The fraction of sp³-hybridized carbons (Fsp3) is 0.143. The molecule has 5 nitrogen and oxygen atoms in total. The van der Waals surface area contributed by atoms with Crippen LogP contribution in [0.2, 0.25) is 5.02 Å². The van der Waals surface area contributed by atoms with Crippen LogP contribution in [-0.4, -0.2) is 22.6 Å². The van der Waals surface area contributed by atoms with E-state index in [-0.39, 0.29) is 22.2 Å². The van der Waals surface area contributed by atoms with Gasteiger partial charge in [0.15, 0.2) is 17.3 Å². The summed E-state index contributed by atoms with van der Waals surface area (Å²) < 4.78 is 63.7. The standard InChI is InChI=1S/C14H12ClF2NO4S/c1-21-12-6-10(17)11(7-13(12)22-2)18-23(19,20)14-5-8(16)3-4-9(14)15/h3-7,18H,1-2H3. The second-order valence-corrected chi connectivity index (χ2v) is 6.43. The predicted molar refractivity (Wildman–Crippen MR) is 81.7 cm³/mol. The molecule has 0 fully saturated rings. The van der Waals surface area contributed by atoms with Crippen molar-refractivity contribution in [1.29, 1.82) is 0 Å². The summed E-state index contributed by atoms with van der Waals surface area (Å²) in [6, 6.07) is 4.92. The average Bonchev–Trinajstić information content (AvgIpc) is 2.50. The molecule has 2 aromatic rings. The molecule has 23 heavy (non-hydrogen) atoms. The van der Waals surface area contributed by atoms with Crippen LogP contribution in [-0.2, 0) is 10.0 Å². The van der Waals surface area contributed by atoms with Gasteiger partial charge in [0.25, 0.3) is 10.0 Å². The Hall–Kier alpha value is -2.06. The lowest BCUT2D eigenvalue weighted by Gasteiger charge is -2.13. The molecule has 0 aliphatic rings. The molecule has 0 amide bonds. The minimum atomic E-state index is -4.29. The van der Waals surface area contributed by atoms with E-state index >= 15 is 0 Å². The molecule has 0 bridgehead atoms. The van der Waals surface area contributed by atoms with Gasteiger partial charge in [-0.15, -0.1) is 0 Å². The Morgan fingerprint density at radius 2 is 1.65 bits per heavy atom. The van der Waals surface area contributed by atoms with E-state index in [0.29, 0.717) is 0 Å². The quantitative estimate of drug-likeness (QED) is 0.883. The molecule has 0 atom stereocenters. The van der Waals surface area contributed by atoms with E-state index in [1.807, 2.05) is 4.72 Å². The van der Waals surface area contributed by atoms with Gasteiger partial charge in [-0.2, -0.15) is 0 Å². The number of sulfonamides is 1. The Balaban J connectivity index is 2.47. The third-order valence-corrected chi connectivity index (χ3v) is 4.75. The number of benzene rings is 2. The normalized spacial score (nSPS) is 11.2. The first-order chi connectivity index (χ1) is 10.8. The van der Waals surface area contributed by atoms with E-state index < -0.39 is 26.6 Å². The van der Waals surface area contributed by atoms with Gasteiger partial charge < -0.3 is 9.47 Å². The van der Waals surface area contributed by atoms with Gasteiger partial charge >= 0.3 is 0 Å². The minimum Gasteiger partial charge on any atom is -0.493 e. The van der Waals surface area contributed by atoms with Gasteiger partial charge in [0.2, 0.25) is 0 Å². The summed E-state index contributed by atoms with van der Waals surface area (Å²) in [6.45, 7) is 0. The number of halogens is 3. The number of hydrogen-bond acceptors (Lipinski definition) is 4. The molecule has 2 rings (SSSR count). The van der Waals surface area contributed by atoms with Crippen molar-refractivity contribution in [3.05, 3.63) is 47.0 Å². The summed E-state index contributed by atoms with van der Waals surface area (Å²) in [5.41, 5.74) is -0.386. The van der Waals surface area contributed by atoms with Gasteiger partial charge in [-0.3, -0.25) is 4.72 Å². The highest BCUT2D eigenvalue weighted by molar-refractivity contribution is 7.92. The third-order valence-electron chi connectivity index (χ3n) is 2.90. The van der Waals surface area contributed by atoms with Crippen LogP contribution in [0, 0.1) is 11.6 Å². The van der Waals surface area contributed by atoms with Crippen molar-refractivity contribution >= 4 is 27.3 Å². The van der Waals surface area contributed by atoms with E-state index in [1.165, 1.54) is 14.2 Å². The molecule has 2 aromatic carbocycles. The zero-order chi connectivity index (χ0) is 17.2. The summed E-state index contributed by atoms with van der Waals surface area (Å²) in [4.78, 5) is -0.506. The molecule has 0 unspecified atom stereocenters. The molecule has 0 aliphatic carbocycles. The molecule has 0 aromatic heterocycles. The Morgan fingerprint density at radius 3 is 2.26 bits per heavy atom. The Bertz CT molecular complexity index is 843. The first kappa shape index (κ1) is 17.3. The first-order valence-corrected chi connectivity index (χ1v) is 8.04. The van der Waals surface area contributed by atoms with Crippen LogP contribution in [0.15, 0.2) is 35.2 Å². The molecular formula is C14H12ClF2NO4S. The summed E-state index contributed by atoms with van der Waals surface area (Å²) >= 11 is 5.77. The smallest absolute Gasteiger partial charge is 0.263 e. The average molecular weight is 364 g/mol. The van der Waals surface area contributed by atoms with Crippen LogP contribution in [0.4, 0.5) is 14.5 Å². The molecule has 0 saturated carbocycles. The van der Waals surface area contributed by atoms with E-state index in [1.54, 1.807) is 0 Å². The van der Waals surface area contributed by atoms with E-state index in [4.69, 9.17) is 21.1 Å². The zero-order valence-corrected chi connectivity index (χ0v) is 13.6. The van der Waals surface area contributed by atoms with Crippen molar-refractivity contribution in [3.8, 4) is 11.5 Å². The first-order valence-electron chi connectivity index (χ1n) is 6.18. The van der Waals surface area contributed by atoms with Crippen LogP contribution in [0.5, 0.6) is 11.5 Å². The maximum absolute atomic E-state index is 14.0. The molecule has 9 heteroatoms. The van der Waals surface area contributed by atoms with E-state index in [2.05, 4.69) is 0 Å². The van der Waals surface area contributed by atoms with Crippen molar-refractivity contribution in [2.24, 2.45) is 0 Å². The summed E-state index contributed by atoms with van der Waals surface area (Å²) in [5.74, 6) is -1.46.